The molecular weight excluding hydrogens is 376 g/mol. The lowest BCUT2D eigenvalue weighted by Crippen LogP contribution is -2.43. The molecule has 4 rings (SSSR count). The summed E-state index contributed by atoms with van der Waals surface area (Å²) in [5.41, 5.74) is 1.28. The molecule has 152 valence electrons. The highest BCUT2D eigenvalue weighted by Crippen LogP contribution is 2.33. The second kappa shape index (κ2) is 10.0. The predicted molar refractivity (Wildman–Crippen MR) is 113 cm³/mol. The van der Waals surface area contributed by atoms with Gasteiger partial charge in [0.05, 0.1) is 7.11 Å². The zero-order chi connectivity index (χ0) is 18.5. The second-order valence-corrected chi connectivity index (χ2v) is 7.25. The average molecular weight is 405 g/mol. The number of rotatable bonds is 6. The molecule has 0 amide bonds. The van der Waals surface area contributed by atoms with E-state index in [1.165, 1.54) is 18.4 Å². The summed E-state index contributed by atoms with van der Waals surface area (Å²) in [5.74, 6) is 3.15. The Labute approximate surface area is 173 Å². The Morgan fingerprint density at radius 1 is 1.11 bits per heavy atom. The summed E-state index contributed by atoms with van der Waals surface area (Å²) in [6.45, 7) is 3.47. The van der Waals surface area contributed by atoms with Gasteiger partial charge in [-0.2, -0.15) is 0 Å². The smallest absolute Gasteiger partial charge is 0.161 e. The molecule has 0 spiro atoms. The van der Waals surface area contributed by atoms with Gasteiger partial charge in [0.2, 0.25) is 0 Å². The molecule has 2 unspecified atom stereocenters. The van der Waals surface area contributed by atoms with Gasteiger partial charge in [-0.1, -0.05) is 24.3 Å². The Kier molecular flexibility index (Phi) is 7.43. The Morgan fingerprint density at radius 2 is 1.89 bits per heavy atom. The summed E-state index contributed by atoms with van der Waals surface area (Å²) in [5, 5.41) is 7.23. The van der Waals surface area contributed by atoms with Gasteiger partial charge in [0, 0.05) is 12.6 Å². The van der Waals surface area contributed by atoms with Crippen LogP contribution in [0.25, 0.3) is 0 Å². The molecule has 0 aliphatic carbocycles. The van der Waals surface area contributed by atoms with Crippen molar-refractivity contribution >= 4 is 12.4 Å². The maximum Gasteiger partial charge on any atom is 0.161 e. The van der Waals surface area contributed by atoms with Crippen molar-refractivity contribution in [3.8, 4) is 17.2 Å². The first-order chi connectivity index (χ1) is 13.3. The highest BCUT2D eigenvalue weighted by atomic mass is 35.5. The largest absolute Gasteiger partial charge is 0.497 e. The standard InChI is InChI=1S/C22H28N2O3.ClH/c1-25-18-6-4-5-17(13-18)22(16-9-11-23-12-10-16)24-14-19-15-26-20-7-2-3-8-21(20)27-19;/h2-8,13,16,19,22-24H,9-12,14-15H2,1H3;1H. The number of hydrogen-bond acceptors (Lipinski definition) is 5. The zero-order valence-electron chi connectivity index (χ0n) is 16.2. The number of piperidine rings is 1. The van der Waals surface area contributed by atoms with Gasteiger partial charge >= 0.3 is 0 Å². The third-order valence-electron chi connectivity index (χ3n) is 5.44. The summed E-state index contributed by atoms with van der Waals surface area (Å²) in [6.07, 6.45) is 2.34. The maximum absolute atomic E-state index is 6.13. The highest BCUT2D eigenvalue weighted by molar-refractivity contribution is 5.85. The molecule has 0 saturated carbocycles. The third-order valence-corrected chi connectivity index (χ3v) is 5.44. The van der Waals surface area contributed by atoms with Crippen molar-refractivity contribution in [2.75, 3.05) is 33.4 Å². The number of nitrogens with one attached hydrogen (secondary N) is 2. The summed E-state index contributed by atoms with van der Waals surface area (Å²) in [7, 11) is 1.72. The van der Waals surface area contributed by atoms with Gasteiger partial charge in [0.15, 0.2) is 11.5 Å². The van der Waals surface area contributed by atoms with Crippen LogP contribution in [0.5, 0.6) is 17.2 Å². The van der Waals surface area contributed by atoms with Crippen LogP contribution in [0, 0.1) is 5.92 Å². The minimum absolute atomic E-state index is 0. The van der Waals surface area contributed by atoms with E-state index in [0.29, 0.717) is 12.5 Å². The summed E-state index contributed by atoms with van der Waals surface area (Å²) >= 11 is 0. The molecule has 1 fully saturated rings. The first kappa shape index (κ1) is 20.8. The minimum Gasteiger partial charge on any atom is -0.497 e. The molecule has 2 aliphatic rings. The van der Waals surface area contributed by atoms with Gasteiger partial charge in [0.1, 0.15) is 18.5 Å². The number of benzene rings is 2. The normalized spacial score (nSPS) is 20.1. The lowest BCUT2D eigenvalue weighted by molar-refractivity contribution is 0.0850. The van der Waals surface area contributed by atoms with Crippen molar-refractivity contribution in [2.24, 2.45) is 5.92 Å². The fourth-order valence-corrected chi connectivity index (χ4v) is 3.99. The fraction of sp³-hybridized carbons (Fsp3) is 0.455. The molecule has 0 bridgehead atoms. The molecule has 6 heteroatoms. The molecule has 2 N–H and O–H groups in total. The van der Waals surface area contributed by atoms with E-state index in [2.05, 4.69) is 28.8 Å². The van der Waals surface area contributed by atoms with E-state index in [9.17, 15) is 0 Å². The lowest BCUT2D eigenvalue weighted by Gasteiger charge is -2.34. The van der Waals surface area contributed by atoms with Crippen molar-refractivity contribution in [3.05, 3.63) is 54.1 Å². The van der Waals surface area contributed by atoms with Crippen LogP contribution in [0.2, 0.25) is 0 Å². The SMILES string of the molecule is COc1cccc(C(NCC2COc3ccccc3O2)C2CCNCC2)c1.Cl. The van der Waals surface area contributed by atoms with Gasteiger partial charge in [-0.3, -0.25) is 0 Å². The average Bonchev–Trinajstić information content (AvgIpc) is 2.75. The first-order valence-corrected chi connectivity index (χ1v) is 9.80. The van der Waals surface area contributed by atoms with Gasteiger partial charge in [-0.05, 0) is 61.7 Å². The van der Waals surface area contributed by atoms with Crippen LogP contribution >= 0.6 is 12.4 Å². The molecule has 2 aliphatic heterocycles. The van der Waals surface area contributed by atoms with Crippen LogP contribution in [-0.2, 0) is 0 Å². The molecule has 5 nitrogen and oxygen atoms in total. The van der Waals surface area contributed by atoms with Gasteiger partial charge in [-0.15, -0.1) is 12.4 Å². The van der Waals surface area contributed by atoms with Crippen LogP contribution < -0.4 is 24.8 Å². The maximum atomic E-state index is 6.13. The Morgan fingerprint density at radius 3 is 2.68 bits per heavy atom. The number of halogens is 1. The van der Waals surface area contributed by atoms with E-state index in [0.717, 1.165) is 36.9 Å². The van der Waals surface area contributed by atoms with E-state index in [-0.39, 0.29) is 24.6 Å². The molecule has 28 heavy (non-hydrogen) atoms. The van der Waals surface area contributed by atoms with Crippen LogP contribution in [0.1, 0.15) is 24.4 Å². The van der Waals surface area contributed by atoms with E-state index >= 15 is 0 Å². The first-order valence-electron chi connectivity index (χ1n) is 9.80. The molecule has 0 aromatic heterocycles. The zero-order valence-corrected chi connectivity index (χ0v) is 17.0. The van der Waals surface area contributed by atoms with Crippen molar-refractivity contribution in [2.45, 2.75) is 25.0 Å². The topological polar surface area (TPSA) is 51.8 Å². The molecule has 0 radical (unpaired) electrons. The van der Waals surface area contributed by atoms with Crippen LogP contribution in [0.3, 0.4) is 0 Å². The van der Waals surface area contributed by atoms with E-state index < -0.39 is 0 Å². The third kappa shape index (κ3) is 4.90. The quantitative estimate of drug-likeness (QED) is 0.770. The van der Waals surface area contributed by atoms with E-state index in [1.807, 2.05) is 30.3 Å². The van der Waals surface area contributed by atoms with Gasteiger partial charge < -0.3 is 24.8 Å². The Bertz CT molecular complexity index is 752. The van der Waals surface area contributed by atoms with Crippen LogP contribution in [-0.4, -0.2) is 39.5 Å². The molecule has 2 aromatic carbocycles. The minimum atomic E-state index is 0. The van der Waals surface area contributed by atoms with Crippen molar-refractivity contribution in [1.29, 1.82) is 0 Å². The van der Waals surface area contributed by atoms with E-state index in [4.69, 9.17) is 14.2 Å². The van der Waals surface area contributed by atoms with Gasteiger partial charge in [-0.25, -0.2) is 0 Å². The Hall–Kier alpha value is -1.95. The highest BCUT2D eigenvalue weighted by Gasteiger charge is 2.27. The number of hydrogen-bond donors (Lipinski definition) is 2. The molecular formula is C22H29ClN2O3. The van der Waals surface area contributed by atoms with Crippen LogP contribution in [0.15, 0.2) is 48.5 Å². The fourth-order valence-electron chi connectivity index (χ4n) is 3.99. The monoisotopic (exact) mass is 404 g/mol. The van der Waals surface area contributed by atoms with Crippen molar-refractivity contribution in [3.63, 3.8) is 0 Å². The Balaban J connectivity index is 0.00000225. The molecule has 1 saturated heterocycles. The van der Waals surface area contributed by atoms with Gasteiger partial charge in [0.25, 0.3) is 0 Å². The van der Waals surface area contributed by atoms with Crippen LogP contribution in [0.4, 0.5) is 0 Å². The predicted octanol–water partition coefficient (Wildman–Crippen LogP) is 3.59. The summed E-state index contributed by atoms with van der Waals surface area (Å²) in [6, 6.07) is 16.5. The van der Waals surface area contributed by atoms with Crippen molar-refractivity contribution < 1.29 is 14.2 Å². The number of para-hydroxylation sites is 2. The number of methoxy groups -OCH3 is 1. The summed E-state index contributed by atoms with van der Waals surface area (Å²) in [4.78, 5) is 0. The molecule has 2 aromatic rings. The molecule has 2 atom stereocenters. The van der Waals surface area contributed by atoms with Crippen molar-refractivity contribution in [1.82, 2.24) is 10.6 Å². The van der Waals surface area contributed by atoms with E-state index in [1.54, 1.807) is 7.11 Å². The number of ether oxygens (including phenoxy) is 3. The summed E-state index contributed by atoms with van der Waals surface area (Å²) < 4.78 is 17.4. The number of fused-ring (bicyclic) bond motifs is 1. The lowest BCUT2D eigenvalue weighted by atomic mass is 9.85. The second-order valence-electron chi connectivity index (χ2n) is 7.25. The molecule has 2 heterocycles.